The van der Waals surface area contributed by atoms with Gasteiger partial charge >= 0.3 is 0 Å². The fourth-order valence-corrected chi connectivity index (χ4v) is 5.56. The van der Waals surface area contributed by atoms with Gasteiger partial charge in [0.2, 0.25) is 5.43 Å². The second kappa shape index (κ2) is 9.65. The fourth-order valence-electron chi connectivity index (χ4n) is 4.59. The van der Waals surface area contributed by atoms with Crippen molar-refractivity contribution >= 4 is 32.5 Å². The van der Waals surface area contributed by atoms with E-state index >= 15 is 0 Å². The summed E-state index contributed by atoms with van der Waals surface area (Å²) in [5.74, 6) is 1.31. The number of quaternary nitrogens is 1. The van der Waals surface area contributed by atoms with Crippen molar-refractivity contribution in [1.29, 1.82) is 0 Å². The van der Waals surface area contributed by atoms with Gasteiger partial charge in [-0.05, 0) is 30.2 Å². The number of aryl methyl sites for hydroxylation is 1. The summed E-state index contributed by atoms with van der Waals surface area (Å²) in [6.45, 7) is 13.5. The molecule has 33 heavy (non-hydrogen) atoms. The van der Waals surface area contributed by atoms with Gasteiger partial charge in [-0.2, -0.15) is 0 Å². The Hall–Kier alpha value is -2.70. The first kappa shape index (κ1) is 23.5. The van der Waals surface area contributed by atoms with Crippen LogP contribution in [0.4, 0.5) is 0 Å². The van der Waals surface area contributed by atoms with Gasteiger partial charge in [0.15, 0.2) is 0 Å². The third-order valence-electron chi connectivity index (χ3n) is 5.94. The topological polar surface area (TPSA) is 67.8 Å². The van der Waals surface area contributed by atoms with Gasteiger partial charge in [-0.3, -0.25) is 4.79 Å². The van der Waals surface area contributed by atoms with Crippen molar-refractivity contribution in [2.24, 2.45) is 11.8 Å². The van der Waals surface area contributed by atoms with Gasteiger partial charge in [0.1, 0.15) is 29.1 Å². The SMILES string of the molecule is CCc1cc2c(=O)c(-c3nc4ccccc4s3)coc2c(C[NH+](CC(C)C)CC(C)C)c1O. The Morgan fingerprint density at radius 2 is 1.82 bits per heavy atom. The summed E-state index contributed by atoms with van der Waals surface area (Å²) in [5.41, 5.74) is 3.24. The van der Waals surface area contributed by atoms with Gasteiger partial charge in [0.25, 0.3) is 0 Å². The zero-order chi connectivity index (χ0) is 23.7. The first-order valence-electron chi connectivity index (χ1n) is 11.8. The van der Waals surface area contributed by atoms with Crippen LogP contribution in [-0.2, 0) is 13.0 Å². The van der Waals surface area contributed by atoms with Gasteiger partial charge in [-0.15, -0.1) is 11.3 Å². The molecule has 0 aliphatic rings. The Balaban J connectivity index is 1.86. The summed E-state index contributed by atoms with van der Waals surface area (Å²) in [6.07, 6.45) is 2.16. The number of aromatic hydroxyl groups is 1. The second-order valence-electron chi connectivity index (χ2n) is 9.68. The average Bonchev–Trinajstić information content (AvgIpc) is 3.19. The predicted molar refractivity (Wildman–Crippen MR) is 136 cm³/mol. The minimum atomic E-state index is -0.0967. The standard InChI is InChI=1S/C27H32N2O3S/c1-6-18-11-19-25(31)21(27-28-22-9-7-8-10-23(22)33-27)15-32-26(19)20(24(18)30)14-29(12-16(2)3)13-17(4)5/h7-11,15-17,30H,6,12-14H2,1-5H3/p+1. The van der Waals surface area contributed by atoms with Crippen LogP contribution >= 0.6 is 11.3 Å². The molecule has 5 nitrogen and oxygen atoms in total. The molecule has 0 radical (unpaired) electrons. The number of hydrogen-bond donors (Lipinski definition) is 2. The summed E-state index contributed by atoms with van der Waals surface area (Å²) >= 11 is 1.49. The zero-order valence-electron chi connectivity index (χ0n) is 20.1. The number of nitrogens with zero attached hydrogens (tertiary/aromatic N) is 1. The number of phenolic OH excluding ortho intramolecular Hbond substituents is 1. The van der Waals surface area contributed by atoms with Crippen LogP contribution in [0.1, 0.15) is 45.7 Å². The first-order valence-corrected chi connectivity index (χ1v) is 12.6. The number of aromatic nitrogens is 1. The third kappa shape index (κ3) is 4.82. The molecular formula is C27H33N2O3S+. The highest BCUT2D eigenvalue weighted by molar-refractivity contribution is 7.21. The molecular weight excluding hydrogens is 432 g/mol. The number of thiazole rings is 1. The molecule has 4 rings (SSSR count). The fraction of sp³-hybridized carbons (Fsp3) is 0.407. The molecule has 0 saturated carbocycles. The molecule has 2 aromatic heterocycles. The Morgan fingerprint density at radius 3 is 2.45 bits per heavy atom. The second-order valence-corrected chi connectivity index (χ2v) is 10.7. The Bertz CT molecular complexity index is 1290. The molecule has 0 spiro atoms. The van der Waals surface area contributed by atoms with Crippen LogP contribution in [0.3, 0.4) is 0 Å². The number of para-hydroxylation sites is 1. The number of fused-ring (bicyclic) bond motifs is 2. The van der Waals surface area contributed by atoms with Gasteiger partial charge in [0, 0.05) is 11.8 Å². The van der Waals surface area contributed by atoms with Crippen molar-refractivity contribution in [3.05, 3.63) is 57.9 Å². The van der Waals surface area contributed by atoms with Crippen LogP contribution in [0.5, 0.6) is 5.75 Å². The maximum Gasteiger partial charge on any atom is 0.202 e. The van der Waals surface area contributed by atoms with E-state index in [0.29, 0.717) is 46.3 Å². The molecule has 2 heterocycles. The summed E-state index contributed by atoms with van der Waals surface area (Å²) in [5, 5.41) is 12.3. The molecule has 0 unspecified atom stereocenters. The van der Waals surface area contributed by atoms with E-state index in [1.165, 1.54) is 22.5 Å². The molecule has 0 bridgehead atoms. The van der Waals surface area contributed by atoms with Gasteiger partial charge in [-0.1, -0.05) is 46.8 Å². The number of benzene rings is 2. The molecule has 2 N–H and O–H groups in total. The third-order valence-corrected chi connectivity index (χ3v) is 7.01. The van der Waals surface area contributed by atoms with Crippen LogP contribution in [0.2, 0.25) is 0 Å². The lowest BCUT2D eigenvalue weighted by atomic mass is 10.00. The van der Waals surface area contributed by atoms with Crippen LogP contribution in [0.25, 0.3) is 31.8 Å². The predicted octanol–water partition coefficient (Wildman–Crippen LogP) is 5.03. The molecule has 6 heteroatoms. The van der Waals surface area contributed by atoms with E-state index in [2.05, 4.69) is 32.7 Å². The number of nitrogens with one attached hydrogen (secondary N) is 1. The highest BCUT2D eigenvalue weighted by Crippen LogP contribution is 2.33. The van der Waals surface area contributed by atoms with Crippen molar-refractivity contribution in [3.63, 3.8) is 0 Å². The number of hydrogen-bond acceptors (Lipinski definition) is 5. The van der Waals surface area contributed by atoms with E-state index in [1.54, 1.807) is 6.07 Å². The summed E-state index contributed by atoms with van der Waals surface area (Å²) in [7, 11) is 0. The lowest BCUT2D eigenvalue weighted by Gasteiger charge is -2.24. The molecule has 2 aromatic carbocycles. The maximum atomic E-state index is 13.6. The Labute approximate surface area is 198 Å². The summed E-state index contributed by atoms with van der Waals surface area (Å²) in [4.78, 5) is 19.6. The molecule has 0 aliphatic carbocycles. The van der Waals surface area contributed by atoms with Crippen LogP contribution < -0.4 is 10.3 Å². The van der Waals surface area contributed by atoms with Crippen molar-refractivity contribution in [3.8, 4) is 16.3 Å². The smallest absolute Gasteiger partial charge is 0.202 e. The lowest BCUT2D eigenvalue weighted by molar-refractivity contribution is -0.919. The van der Waals surface area contributed by atoms with E-state index in [-0.39, 0.29) is 11.2 Å². The number of phenols is 1. The first-order chi connectivity index (χ1) is 15.8. The lowest BCUT2D eigenvalue weighted by Crippen LogP contribution is -3.11. The maximum absolute atomic E-state index is 13.6. The van der Waals surface area contributed by atoms with Gasteiger partial charge in [0.05, 0.1) is 39.8 Å². The van der Waals surface area contributed by atoms with Crippen LogP contribution in [-0.4, -0.2) is 23.2 Å². The largest absolute Gasteiger partial charge is 0.507 e. The molecule has 0 aliphatic heterocycles. The summed E-state index contributed by atoms with van der Waals surface area (Å²) in [6, 6.07) is 9.66. The van der Waals surface area contributed by atoms with E-state index in [1.807, 2.05) is 31.2 Å². The molecule has 0 fully saturated rings. The monoisotopic (exact) mass is 465 g/mol. The highest BCUT2D eigenvalue weighted by atomic mass is 32.1. The van der Waals surface area contributed by atoms with Crippen molar-refractivity contribution < 1.29 is 14.4 Å². The Morgan fingerprint density at radius 1 is 1.12 bits per heavy atom. The van der Waals surface area contributed by atoms with Gasteiger partial charge in [-0.25, -0.2) is 4.98 Å². The Kier molecular flexibility index (Phi) is 6.86. The number of rotatable bonds is 8. The average molecular weight is 466 g/mol. The molecule has 174 valence electrons. The molecule has 0 amide bonds. The van der Waals surface area contributed by atoms with Crippen molar-refractivity contribution in [2.75, 3.05) is 13.1 Å². The van der Waals surface area contributed by atoms with Crippen LogP contribution in [0, 0.1) is 11.8 Å². The van der Waals surface area contributed by atoms with Crippen LogP contribution in [0.15, 0.2) is 45.8 Å². The van der Waals surface area contributed by atoms with Crippen molar-refractivity contribution in [1.82, 2.24) is 4.98 Å². The van der Waals surface area contributed by atoms with E-state index in [9.17, 15) is 9.90 Å². The van der Waals surface area contributed by atoms with E-state index < -0.39 is 0 Å². The molecule has 0 saturated heterocycles. The van der Waals surface area contributed by atoms with E-state index in [0.717, 1.165) is 34.4 Å². The highest BCUT2D eigenvalue weighted by Gasteiger charge is 2.24. The zero-order valence-corrected chi connectivity index (χ0v) is 20.9. The summed E-state index contributed by atoms with van der Waals surface area (Å²) < 4.78 is 7.13. The quantitative estimate of drug-likeness (QED) is 0.383. The van der Waals surface area contributed by atoms with Crippen molar-refractivity contribution in [2.45, 2.75) is 47.6 Å². The van der Waals surface area contributed by atoms with Gasteiger partial charge < -0.3 is 14.4 Å². The van der Waals surface area contributed by atoms with E-state index in [4.69, 9.17) is 4.42 Å². The minimum absolute atomic E-state index is 0.0967. The normalized spacial score (nSPS) is 12.1. The minimum Gasteiger partial charge on any atom is -0.507 e. The molecule has 4 aromatic rings. The molecule has 0 atom stereocenters.